The van der Waals surface area contributed by atoms with Gasteiger partial charge in [-0.1, -0.05) is 12.1 Å². The van der Waals surface area contributed by atoms with Gasteiger partial charge in [0, 0.05) is 49.7 Å². The minimum absolute atomic E-state index is 0.0256. The number of ether oxygens (including phenoxy) is 1. The quantitative estimate of drug-likeness (QED) is 0.820. The summed E-state index contributed by atoms with van der Waals surface area (Å²) in [4.78, 5) is 3.98. The van der Waals surface area contributed by atoms with Crippen LogP contribution in [0.1, 0.15) is 18.4 Å². The summed E-state index contributed by atoms with van der Waals surface area (Å²) in [7, 11) is 0. The maximum Gasteiger partial charge on any atom is 0.128 e. The topological polar surface area (TPSA) is 54.4 Å². The molecule has 1 atom stereocenters. The van der Waals surface area contributed by atoms with Crippen LogP contribution < -0.4 is 5.32 Å². The highest BCUT2D eigenvalue weighted by Gasteiger charge is 2.33. The summed E-state index contributed by atoms with van der Waals surface area (Å²) in [5.41, 5.74) is 2.42. The fourth-order valence-corrected chi connectivity index (χ4v) is 3.19. The molecule has 1 saturated heterocycles. The van der Waals surface area contributed by atoms with E-state index < -0.39 is 0 Å². The predicted molar refractivity (Wildman–Crippen MR) is 90.9 cm³/mol. The Kier molecular flexibility index (Phi) is 5.56. The number of hydrogen-bond donors (Lipinski definition) is 2. The first-order valence-corrected chi connectivity index (χ1v) is 8.31. The van der Waals surface area contributed by atoms with Gasteiger partial charge in [-0.05, 0) is 42.2 Å². The van der Waals surface area contributed by atoms with Crippen LogP contribution in [-0.4, -0.2) is 36.5 Å². The zero-order chi connectivity index (χ0) is 16.8. The Balaban J connectivity index is 1.61. The van der Waals surface area contributed by atoms with Crippen molar-refractivity contribution in [3.63, 3.8) is 0 Å². The van der Waals surface area contributed by atoms with Crippen LogP contribution in [0.3, 0.4) is 0 Å². The summed E-state index contributed by atoms with van der Waals surface area (Å²) in [6.45, 7) is 2.73. The van der Waals surface area contributed by atoms with Gasteiger partial charge in [0.2, 0.25) is 0 Å². The highest BCUT2D eigenvalue weighted by atomic mass is 19.1. The van der Waals surface area contributed by atoms with Gasteiger partial charge in [0.05, 0.1) is 6.61 Å². The number of rotatable bonds is 7. The molecule has 1 aliphatic heterocycles. The van der Waals surface area contributed by atoms with Gasteiger partial charge >= 0.3 is 0 Å². The second-order valence-corrected chi connectivity index (χ2v) is 6.42. The number of aromatic nitrogens is 1. The van der Waals surface area contributed by atoms with Gasteiger partial charge in [-0.25, -0.2) is 4.39 Å². The fourth-order valence-electron chi connectivity index (χ4n) is 3.19. The van der Waals surface area contributed by atoms with Crippen LogP contribution in [0.4, 0.5) is 4.39 Å². The fraction of sp³-hybridized carbons (Fsp3) is 0.421. The standard InChI is InChI=1S/C19H23FN2O2/c20-18-11-16(15-3-7-21-8-4-15)1-2-17(18)12-22-13-19(5-9-23)6-10-24-14-19/h1-4,7-8,11,22-23H,5-6,9-10,12-14H2. The van der Waals surface area contributed by atoms with Crippen LogP contribution >= 0.6 is 0 Å². The maximum atomic E-state index is 14.4. The zero-order valence-corrected chi connectivity index (χ0v) is 13.7. The van der Waals surface area contributed by atoms with Gasteiger partial charge in [0.15, 0.2) is 0 Å². The number of hydrogen-bond acceptors (Lipinski definition) is 4. The lowest BCUT2D eigenvalue weighted by Gasteiger charge is -2.27. The highest BCUT2D eigenvalue weighted by Crippen LogP contribution is 2.31. The van der Waals surface area contributed by atoms with E-state index in [0.29, 0.717) is 25.1 Å². The normalized spacial score (nSPS) is 20.4. The molecule has 2 heterocycles. The van der Waals surface area contributed by atoms with Crippen LogP contribution in [0, 0.1) is 11.2 Å². The van der Waals surface area contributed by atoms with Gasteiger partial charge < -0.3 is 15.2 Å². The molecule has 0 spiro atoms. The summed E-state index contributed by atoms with van der Waals surface area (Å²) in [5.74, 6) is -0.212. The Hall–Kier alpha value is -1.82. The number of benzene rings is 1. The molecule has 1 fully saturated rings. The van der Waals surface area contributed by atoms with E-state index >= 15 is 0 Å². The molecule has 2 N–H and O–H groups in total. The largest absolute Gasteiger partial charge is 0.396 e. The lowest BCUT2D eigenvalue weighted by molar-refractivity contribution is 0.124. The SMILES string of the molecule is OCCC1(CNCc2ccc(-c3ccncc3)cc2F)CCOC1. The molecule has 0 aliphatic carbocycles. The maximum absolute atomic E-state index is 14.4. The van der Waals surface area contributed by atoms with Crippen LogP contribution in [0.2, 0.25) is 0 Å². The number of halogens is 1. The van der Waals surface area contributed by atoms with Crippen LogP contribution in [-0.2, 0) is 11.3 Å². The molecule has 1 unspecified atom stereocenters. The number of nitrogens with one attached hydrogen (secondary N) is 1. The van der Waals surface area contributed by atoms with E-state index in [1.807, 2.05) is 24.3 Å². The van der Waals surface area contributed by atoms with Crippen molar-refractivity contribution in [2.45, 2.75) is 19.4 Å². The Labute approximate surface area is 141 Å². The second-order valence-electron chi connectivity index (χ2n) is 6.42. The van der Waals surface area contributed by atoms with Gasteiger partial charge in [0.1, 0.15) is 5.82 Å². The van der Waals surface area contributed by atoms with Crippen molar-refractivity contribution in [3.05, 3.63) is 54.1 Å². The molecule has 0 saturated carbocycles. The smallest absolute Gasteiger partial charge is 0.128 e. The van der Waals surface area contributed by atoms with E-state index in [4.69, 9.17) is 4.74 Å². The molecule has 1 aliphatic rings. The van der Waals surface area contributed by atoms with E-state index in [-0.39, 0.29) is 17.8 Å². The van der Waals surface area contributed by atoms with Crippen molar-refractivity contribution in [2.75, 3.05) is 26.4 Å². The van der Waals surface area contributed by atoms with Gasteiger partial charge in [-0.2, -0.15) is 0 Å². The third-order valence-electron chi connectivity index (χ3n) is 4.71. The molecule has 1 aromatic heterocycles. The molecular weight excluding hydrogens is 307 g/mol. The van der Waals surface area contributed by atoms with Gasteiger partial charge in [-0.15, -0.1) is 0 Å². The second kappa shape index (κ2) is 7.83. The molecule has 128 valence electrons. The average molecular weight is 330 g/mol. The third-order valence-corrected chi connectivity index (χ3v) is 4.71. The van der Waals surface area contributed by atoms with E-state index in [1.165, 1.54) is 0 Å². The molecular formula is C19H23FN2O2. The summed E-state index contributed by atoms with van der Waals surface area (Å²) in [5, 5.41) is 12.6. The Morgan fingerprint density at radius 3 is 2.71 bits per heavy atom. The van der Waals surface area contributed by atoms with E-state index in [2.05, 4.69) is 10.3 Å². The van der Waals surface area contributed by atoms with E-state index in [1.54, 1.807) is 18.5 Å². The number of aliphatic hydroxyl groups is 1. The molecule has 3 rings (SSSR count). The molecule has 5 heteroatoms. The minimum Gasteiger partial charge on any atom is -0.396 e. The Morgan fingerprint density at radius 2 is 2.04 bits per heavy atom. The van der Waals surface area contributed by atoms with Crippen LogP contribution in [0.15, 0.2) is 42.7 Å². The number of pyridine rings is 1. The van der Waals surface area contributed by atoms with Gasteiger partial charge in [0.25, 0.3) is 0 Å². The first-order chi connectivity index (χ1) is 11.7. The molecule has 2 aromatic rings. The van der Waals surface area contributed by atoms with Crippen molar-refractivity contribution in [1.29, 1.82) is 0 Å². The average Bonchev–Trinajstić information content (AvgIpc) is 3.06. The van der Waals surface area contributed by atoms with Gasteiger partial charge in [-0.3, -0.25) is 4.98 Å². The number of nitrogens with zero attached hydrogens (tertiary/aromatic N) is 1. The van der Waals surface area contributed by atoms with Crippen molar-refractivity contribution < 1.29 is 14.2 Å². The molecule has 0 radical (unpaired) electrons. The third kappa shape index (κ3) is 3.98. The Bertz CT molecular complexity index is 658. The monoisotopic (exact) mass is 330 g/mol. The van der Waals surface area contributed by atoms with Crippen molar-refractivity contribution >= 4 is 0 Å². The van der Waals surface area contributed by atoms with Crippen LogP contribution in [0.5, 0.6) is 0 Å². The van der Waals surface area contributed by atoms with Crippen molar-refractivity contribution in [3.8, 4) is 11.1 Å². The lowest BCUT2D eigenvalue weighted by Crippen LogP contribution is -2.35. The highest BCUT2D eigenvalue weighted by molar-refractivity contribution is 5.63. The van der Waals surface area contributed by atoms with Crippen molar-refractivity contribution in [2.24, 2.45) is 5.41 Å². The number of aliphatic hydroxyl groups excluding tert-OH is 1. The molecule has 24 heavy (non-hydrogen) atoms. The summed E-state index contributed by atoms with van der Waals surface area (Å²) in [6.07, 6.45) is 5.05. The van der Waals surface area contributed by atoms with Crippen molar-refractivity contribution in [1.82, 2.24) is 10.3 Å². The Morgan fingerprint density at radius 1 is 1.21 bits per heavy atom. The van der Waals surface area contributed by atoms with E-state index in [0.717, 1.165) is 30.7 Å². The molecule has 0 amide bonds. The first-order valence-electron chi connectivity index (χ1n) is 8.31. The predicted octanol–water partition coefficient (Wildman–Crippen LogP) is 2.77. The summed E-state index contributed by atoms with van der Waals surface area (Å²) >= 11 is 0. The molecule has 4 nitrogen and oxygen atoms in total. The van der Waals surface area contributed by atoms with Crippen LogP contribution in [0.25, 0.3) is 11.1 Å². The minimum atomic E-state index is -0.212. The zero-order valence-electron chi connectivity index (χ0n) is 13.7. The summed E-state index contributed by atoms with van der Waals surface area (Å²) < 4.78 is 19.8. The van der Waals surface area contributed by atoms with E-state index in [9.17, 15) is 9.50 Å². The molecule has 0 bridgehead atoms. The lowest BCUT2D eigenvalue weighted by atomic mass is 9.84. The first kappa shape index (κ1) is 17.0. The molecule has 1 aromatic carbocycles. The summed E-state index contributed by atoms with van der Waals surface area (Å²) in [6, 6.07) is 9.05.